The van der Waals surface area contributed by atoms with E-state index in [1.165, 1.54) is 11.1 Å². The van der Waals surface area contributed by atoms with Crippen molar-refractivity contribution in [3.8, 4) is 0 Å². The maximum absolute atomic E-state index is 11.8. The molecule has 1 aromatic rings. The second-order valence-corrected chi connectivity index (χ2v) is 9.63. The van der Waals surface area contributed by atoms with Crippen molar-refractivity contribution in [2.75, 3.05) is 32.9 Å². The Hall–Kier alpha value is -0.350. The fourth-order valence-electron chi connectivity index (χ4n) is 1.69. The predicted molar refractivity (Wildman–Crippen MR) is 111 cm³/mol. The summed E-state index contributed by atoms with van der Waals surface area (Å²) in [5.41, 5.74) is 0. The number of hydrogen-bond donors (Lipinski definition) is 1. The summed E-state index contributed by atoms with van der Waals surface area (Å²) in [6.07, 6.45) is 2.21. The summed E-state index contributed by atoms with van der Waals surface area (Å²) in [6, 6.07) is 4.17. The highest BCUT2D eigenvalue weighted by molar-refractivity contribution is 14.0. The Morgan fingerprint density at radius 1 is 1.43 bits per heavy atom. The van der Waals surface area contributed by atoms with Crippen molar-refractivity contribution in [1.29, 1.82) is 0 Å². The standard InChI is InChI=1S/C15H27N3O2S2.HI/c1-6-16-14(17-12-15(2,3)22(5,19)20)18(4)10-9-13-8-7-11-21-13;/h7-8,11H,6,9-10,12H2,1-5H3,(H,16,17);1H. The normalized spacial score (nSPS) is 12.7. The number of rotatable bonds is 7. The number of hydrogen-bond acceptors (Lipinski definition) is 4. The van der Waals surface area contributed by atoms with Crippen LogP contribution in [0, 0.1) is 0 Å². The highest BCUT2D eigenvalue weighted by Crippen LogP contribution is 2.15. The molecule has 0 saturated heterocycles. The van der Waals surface area contributed by atoms with Gasteiger partial charge in [-0.2, -0.15) is 0 Å². The fraction of sp³-hybridized carbons (Fsp3) is 0.667. The molecule has 1 heterocycles. The maximum Gasteiger partial charge on any atom is 0.193 e. The van der Waals surface area contributed by atoms with E-state index in [0.29, 0.717) is 0 Å². The Morgan fingerprint density at radius 3 is 2.57 bits per heavy atom. The van der Waals surface area contributed by atoms with Gasteiger partial charge in [-0.3, -0.25) is 4.99 Å². The summed E-state index contributed by atoms with van der Waals surface area (Å²) in [5.74, 6) is 0.746. The molecule has 134 valence electrons. The molecule has 1 N–H and O–H groups in total. The van der Waals surface area contributed by atoms with Crippen LogP contribution in [0.2, 0.25) is 0 Å². The number of thiophene rings is 1. The van der Waals surface area contributed by atoms with Crippen LogP contribution in [-0.4, -0.2) is 57.0 Å². The molecule has 0 aromatic carbocycles. The van der Waals surface area contributed by atoms with Gasteiger partial charge in [0.25, 0.3) is 0 Å². The minimum Gasteiger partial charge on any atom is -0.357 e. The molecule has 0 aliphatic carbocycles. The number of aliphatic imine (C=N–C) groups is 1. The lowest BCUT2D eigenvalue weighted by atomic mass is 10.2. The molecule has 1 rings (SSSR count). The van der Waals surface area contributed by atoms with E-state index >= 15 is 0 Å². The van der Waals surface area contributed by atoms with E-state index in [2.05, 4.69) is 21.8 Å². The molecular formula is C15H28IN3O2S2. The Kier molecular flexibility index (Phi) is 9.68. The molecule has 1 aromatic heterocycles. The van der Waals surface area contributed by atoms with Gasteiger partial charge in [0.2, 0.25) is 0 Å². The molecule has 23 heavy (non-hydrogen) atoms. The molecule has 8 heteroatoms. The summed E-state index contributed by atoms with van der Waals surface area (Å²) >= 11 is 1.74. The summed E-state index contributed by atoms with van der Waals surface area (Å²) in [4.78, 5) is 7.88. The van der Waals surface area contributed by atoms with Crippen LogP contribution in [0.4, 0.5) is 0 Å². The molecular weight excluding hydrogens is 445 g/mol. The number of sulfone groups is 1. The Balaban J connectivity index is 0.00000484. The van der Waals surface area contributed by atoms with E-state index in [9.17, 15) is 8.42 Å². The zero-order valence-corrected chi connectivity index (χ0v) is 18.5. The molecule has 0 saturated carbocycles. The molecule has 0 spiro atoms. The number of nitrogens with one attached hydrogen (secondary N) is 1. The van der Waals surface area contributed by atoms with E-state index in [0.717, 1.165) is 25.5 Å². The first kappa shape index (κ1) is 22.6. The van der Waals surface area contributed by atoms with Crippen molar-refractivity contribution in [2.45, 2.75) is 31.9 Å². The van der Waals surface area contributed by atoms with Crippen LogP contribution < -0.4 is 5.32 Å². The first-order valence-corrected chi connectivity index (χ1v) is 10.2. The molecule has 0 aliphatic heterocycles. The van der Waals surface area contributed by atoms with Crippen molar-refractivity contribution in [2.24, 2.45) is 4.99 Å². The number of nitrogens with zero attached hydrogens (tertiary/aromatic N) is 2. The molecule has 0 atom stereocenters. The lowest BCUT2D eigenvalue weighted by Gasteiger charge is -2.25. The topological polar surface area (TPSA) is 61.8 Å². The third-order valence-electron chi connectivity index (χ3n) is 3.58. The Bertz CT molecular complexity index is 584. The minimum atomic E-state index is -3.14. The predicted octanol–water partition coefficient (Wildman–Crippen LogP) is 2.63. The van der Waals surface area contributed by atoms with E-state index < -0.39 is 14.6 Å². The summed E-state index contributed by atoms with van der Waals surface area (Å²) in [7, 11) is -1.16. The van der Waals surface area contributed by atoms with Crippen LogP contribution in [0.15, 0.2) is 22.5 Å². The first-order chi connectivity index (χ1) is 10.2. The summed E-state index contributed by atoms with van der Waals surface area (Å²) in [5, 5.41) is 5.29. The summed E-state index contributed by atoms with van der Waals surface area (Å²) < 4.78 is 22.7. The number of likely N-dealkylation sites (N-methyl/N-ethyl adjacent to an activating group) is 1. The second-order valence-electron chi connectivity index (χ2n) is 5.95. The van der Waals surface area contributed by atoms with Gasteiger partial charge in [0.15, 0.2) is 15.8 Å². The van der Waals surface area contributed by atoms with E-state index in [-0.39, 0.29) is 30.5 Å². The Labute approximate surface area is 161 Å². The maximum atomic E-state index is 11.8. The summed E-state index contributed by atoms with van der Waals surface area (Å²) in [6.45, 7) is 7.26. The molecule has 0 radical (unpaired) electrons. The second kappa shape index (κ2) is 9.83. The van der Waals surface area contributed by atoms with Crippen LogP contribution in [0.3, 0.4) is 0 Å². The van der Waals surface area contributed by atoms with Crippen LogP contribution in [0.1, 0.15) is 25.6 Å². The van der Waals surface area contributed by atoms with E-state index in [1.54, 1.807) is 25.2 Å². The quantitative estimate of drug-likeness (QED) is 0.376. The van der Waals surface area contributed by atoms with Gasteiger partial charge in [-0.1, -0.05) is 6.07 Å². The van der Waals surface area contributed by atoms with Crippen molar-refractivity contribution in [1.82, 2.24) is 10.2 Å². The molecule has 0 aliphatic rings. The molecule has 0 amide bonds. The largest absolute Gasteiger partial charge is 0.357 e. The molecule has 0 bridgehead atoms. The van der Waals surface area contributed by atoms with Gasteiger partial charge in [0.1, 0.15) is 0 Å². The van der Waals surface area contributed by atoms with E-state index in [1.807, 2.05) is 24.9 Å². The van der Waals surface area contributed by atoms with Gasteiger partial charge in [-0.25, -0.2) is 8.42 Å². The molecule has 0 unspecified atom stereocenters. The fourth-order valence-corrected chi connectivity index (χ4v) is 2.69. The lowest BCUT2D eigenvalue weighted by Crippen LogP contribution is -2.42. The van der Waals surface area contributed by atoms with E-state index in [4.69, 9.17) is 0 Å². The van der Waals surface area contributed by atoms with Crippen LogP contribution in [0.25, 0.3) is 0 Å². The van der Waals surface area contributed by atoms with Crippen LogP contribution in [-0.2, 0) is 16.3 Å². The highest BCUT2D eigenvalue weighted by Gasteiger charge is 2.30. The molecule has 0 fully saturated rings. The highest BCUT2D eigenvalue weighted by atomic mass is 127. The minimum absolute atomic E-state index is 0. The third kappa shape index (κ3) is 7.38. The van der Waals surface area contributed by atoms with Crippen molar-refractivity contribution >= 4 is 51.1 Å². The van der Waals surface area contributed by atoms with Crippen molar-refractivity contribution in [3.63, 3.8) is 0 Å². The zero-order chi connectivity index (χ0) is 16.8. The average Bonchev–Trinajstić information content (AvgIpc) is 2.92. The lowest BCUT2D eigenvalue weighted by molar-refractivity contribution is 0.483. The van der Waals surface area contributed by atoms with Gasteiger partial charge in [-0.15, -0.1) is 35.3 Å². The monoisotopic (exact) mass is 473 g/mol. The van der Waals surface area contributed by atoms with Gasteiger partial charge >= 0.3 is 0 Å². The average molecular weight is 473 g/mol. The van der Waals surface area contributed by atoms with Crippen LogP contribution in [0.5, 0.6) is 0 Å². The first-order valence-electron chi connectivity index (χ1n) is 7.39. The van der Waals surface area contributed by atoms with Gasteiger partial charge in [-0.05, 0) is 38.6 Å². The van der Waals surface area contributed by atoms with Crippen LogP contribution >= 0.6 is 35.3 Å². The SMILES string of the molecule is CCNC(=NCC(C)(C)S(C)(=O)=O)N(C)CCc1cccs1.I. The number of halogens is 1. The van der Waals surface area contributed by atoms with Crippen molar-refractivity contribution < 1.29 is 8.42 Å². The zero-order valence-electron chi connectivity index (χ0n) is 14.5. The third-order valence-corrected chi connectivity index (χ3v) is 6.66. The number of guanidine groups is 1. The van der Waals surface area contributed by atoms with Crippen molar-refractivity contribution in [3.05, 3.63) is 22.4 Å². The van der Waals surface area contributed by atoms with Gasteiger partial charge < -0.3 is 10.2 Å². The smallest absolute Gasteiger partial charge is 0.193 e. The van der Waals surface area contributed by atoms with Gasteiger partial charge in [0, 0.05) is 31.3 Å². The molecule has 5 nitrogen and oxygen atoms in total. The Morgan fingerprint density at radius 2 is 2.09 bits per heavy atom. The van der Waals surface area contributed by atoms with Gasteiger partial charge in [0.05, 0.1) is 11.3 Å².